The fraction of sp³-hybridized carbons (Fsp3) is 0.478. The van der Waals surface area contributed by atoms with Crippen molar-refractivity contribution in [3.05, 3.63) is 143 Å². The Kier molecular flexibility index (Phi) is 38.9. The monoisotopic (exact) mass is 1880 g/mol. The van der Waals surface area contributed by atoms with Gasteiger partial charge >= 0.3 is 5.97 Å². The van der Waals surface area contributed by atoms with E-state index >= 15 is 28.8 Å². The molecule has 2 saturated heterocycles. The maximum atomic E-state index is 16.4. The number of amides is 17. The Hall–Kier alpha value is -13.3. The van der Waals surface area contributed by atoms with E-state index in [-0.39, 0.29) is 96.6 Å². The predicted octanol–water partition coefficient (Wildman–Crippen LogP) is -1.12. The first-order valence-corrected chi connectivity index (χ1v) is 45.6. The number of carboxylic acids is 1. The molecule has 4 aromatic carbocycles. The number of unbranched alkanes of at least 4 members (excludes halogenated alkanes) is 1. The number of nitrogens with two attached hydrogens (primary N) is 4. The second-order valence-corrected chi connectivity index (χ2v) is 37.4. The van der Waals surface area contributed by atoms with Crippen LogP contribution in [-0.2, 0) is 117 Å². The number of ether oxygens (including phenoxy) is 2. The number of nitrogens with one attached hydrogen (secondary N) is 14. The minimum atomic E-state index is -2.09. The van der Waals surface area contributed by atoms with Crippen LogP contribution in [-0.4, -0.2) is 254 Å². The van der Waals surface area contributed by atoms with Crippen LogP contribution in [0.2, 0.25) is 0 Å². The zero-order valence-electron chi connectivity index (χ0n) is 75.6. The number of H-pyrrole nitrogens is 1. The molecule has 0 radical (unpaired) electrons. The van der Waals surface area contributed by atoms with Crippen molar-refractivity contribution in [3.8, 4) is 5.75 Å². The van der Waals surface area contributed by atoms with Gasteiger partial charge in [0.2, 0.25) is 100 Å². The third kappa shape index (κ3) is 31.5. The van der Waals surface area contributed by atoms with Gasteiger partial charge in [-0.05, 0) is 124 Å². The highest BCUT2D eigenvalue weighted by molar-refractivity contribution is 8.77. The Morgan fingerprint density at radius 2 is 1.22 bits per heavy atom. The van der Waals surface area contributed by atoms with Crippen LogP contribution < -0.4 is 96.8 Å². The highest BCUT2D eigenvalue weighted by Crippen LogP contribution is 2.47. The van der Waals surface area contributed by atoms with Crippen molar-refractivity contribution < 1.29 is 101 Å². The molecule has 23 N–H and O–H groups in total. The molecule has 0 saturated carbocycles. The maximum absolute atomic E-state index is 16.4. The quantitative estimate of drug-likeness (QED) is 0.0160. The van der Waals surface area contributed by atoms with Crippen LogP contribution in [0.3, 0.4) is 0 Å². The average molecular weight is 1880 g/mol. The van der Waals surface area contributed by atoms with Gasteiger partial charge in [0.05, 0.1) is 19.4 Å². The van der Waals surface area contributed by atoms with Crippen LogP contribution in [0.5, 0.6) is 5.75 Å². The van der Waals surface area contributed by atoms with Gasteiger partial charge in [-0.1, -0.05) is 107 Å². The predicted molar refractivity (Wildman–Crippen MR) is 492 cm³/mol. The molecule has 43 heteroatoms. The summed E-state index contributed by atoms with van der Waals surface area (Å²) >= 11 is 0. The van der Waals surface area contributed by atoms with Crippen LogP contribution in [0.1, 0.15) is 140 Å². The van der Waals surface area contributed by atoms with Gasteiger partial charge in [0, 0.05) is 131 Å². The first kappa shape index (κ1) is 105. The van der Waals surface area contributed by atoms with Gasteiger partial charge in [0.25, 0.3) is 0 Å². The van der Waals surface area contributed by atoms with E-state index in [2.05, 4.69) is 79.1 Å². The van der Waals surface area contributed by atoms with Crippen LogP contribution >= 0.6 is 21.6 Å². The van der Waals surface area contributed by atoms with Gasteiger partial charge in [-0.3, -0.25) is 91.3 Å². The van der Waals surface area contributed by atoms with Crippen LogP contribution in [0.15, 0.2) is 116 Å². The SMILES string of the molecule is CC[C@@H]1NC(=O)C(CC(N)=O)NC(=O)[C@@H](NC(C)=O)C(C)(C)SSC(C)(C)[C@@H](C(=O)N[C@@H](Cc2ccc(OCCN)cc2)C(=O)N[C@@H](Cc2ccc3ccccc3c2)C(=O)NC2(C(=O)N[C@@H](CCC(=O)O)C(=O)N[C@@H](CC(N)=O)C(=O)N[C@@H](Cc3cccnc3)C(=O)N(C)CC(N)=O)CCOCC2)NC(=O)[C@H](CCCCNC(C)=O)NC(=O)[C@H](Cc2c[nH]c3c(C)cccc23)NC1=O. The number of hydrogen-bond donors (Lipinski definition) is 19. The maximum Gasteiger partial charge on any atom is 0.303 e. The third-order valence-corrected chi connectivity index (χ3v) is 26.6. The second kappa shape index (κ2) is 49.3. The molecule has 2 aromatic heterocycles. The summed E-state index contributed by atoms with van der Waals surface area (Å²) in [6.45, 7) is 11.3. The lowest BCUT2D eigenvalue weighted by molar-refractivity contribution is -0.142. The van der Waals surface area contributed by atoms with Gasteiger partial charge in [-0.15, -0.1) is 0 Å². The van der Waals surface area contributed by atoms with E-state index in [1.54, 1.807) is 98.0 Å². The lowest BCUT2D eigenvalue weighted by atomic mass is 9.87. The summed E-state index contributed by atoms with van der Waals surface area (Å²) in [5, 5.41) is 47.0. The van der Waals surface area contributed by atoms with Crippen LogP contribution in [0.4, 0.5) is 0 Å². The first-order valence-electron chi connectivity index (χ1n) is 43.5. The number of likely N-dealkylation sites (N-methyl/N-ethyl adjacent to an activating group) is 1. The molecule has 0 aliphatic carbocycles. The van der Waals surface area contributed by atoms with Gasteiger partial charge in [-0.2, -0.15) is 0 Å². The fourth-order valence-corrected chi connectivity index (χ4v) is 17.9. The average Bonchev–Trinajstić information content (AvgIpc) is 1.79. The van der Waals surface area contributed by atoms with Gasteiger partial charge in [-0.25, -0.2) is 0 Å². The molecule has 0 bridgehead atoms. The molecule has 0 spiro atoms. The van der Waals surface area contributed by atoms with E-state index in [4.69, 9.17) is 32.4 Å². The van der Waals surface area contributed by atoms with E-state index in [0.717, 1.165) is 44.4 Å². The number of benzene rings is 4. The molecule has 8 rings (SSSR count). The zero-order valence-corrected chi connectivity index (χ0v) is 77.2. The Morgan fingerprint density at radius 1 is 0.617 bits per heavy atom. The van der Waals surface area contributed by atoms with Crippen LogP contribution in [0, 0.1) is 6.92 Å². The van der Waals surface area contributed by atoms with Crippen molar-refractivity contribution in [2.45, 2.75) is 227 Å². The number of nitrogens with zero attached hydrogens (tertiary/aromatic N) is 2. The van der Waals surface area contributed by atoms with Crippen LogP contribution in [0.25, 0.3) is 21.7 Å². The van der Waals surface area contributed by atoms with E-state index in [1.165, 1.54) is 54.1 Å². The molecule has 11 atom stereocenters. The largest absolute Gasteiger partial charge is 0.492 e. The van der Waals surface area contributed by atoms with Crippen molar-refractivity contribution in [1.82, 2.24) is 84.0 Å². The topological polar surface area (TPSA) is 638 Å². The molecule has 6 aromatic rings. The van der Waals surface area contributed by atoms with Crippen molar-refractivity contribution in [2.24, 2.45) is 22.9 Å². The fourth-order valence-electron chi connectivity index (χ4n) is 15.1. The molecule has 17 amide bonds. The van der Waals surface area contributed by atoms with E-state index in [0.29, 0.717) is 44.3 Å². The Balaban J connectivity index is 1.22. The number of primary amides is 3. The van der Waals surface area contributed by atoms with Crippen molar-refractivity contribution in [2.75, 3.05) is 46.5 Å². The molecular formula is C90H120N20O21S2. The van der Waals surface area contributed by atoms with Gasteiger partial charge in [0.1, 0.15) is 84.4 Å². The minimum Gasteiger partial charge on any atom is -0.492 e. The number of rotatable bonds is 40. The molecule has 133 heavy (non-hydrogen) atoms. The molecule has 2 aliphatic rings. The number of carboxylic acid groups (broad SMARTS) is 1. The number of aromatic amines is 1. The first-order chi connectivity index (χ1) is 63.0. The number of hydrogen-bond acceptors (Lipinski definition) is 24. The lowest BCUT2D eigenvalue weighted by Crippen LogP contribution is -2.67. The lowest BCUT2D eigenvalue weighted by Gasteiger charge is -2.39. The Labute approximate surface area is 775 Å². The number of pyridine rings is 1. The van der Waals surface area contributed by atoms with Crippen molar-refractivity contribution in [1.29, 1.82) is 0 Å². The number of para-hydroxylation sites is 1. The molecule has 718 valence electrons. The molecule has 1 unspecified atom stereocenters. The zero-order chi connectivity index (χ0) is 97.6. The number of aromatic nitrogens is 2. The van der Waals surface area contributed by atoms with E-state index in [1.807, 2.05) is 19.1 Å². The number of carbonyl (C=O) groups is 18. The van der Waals surface area contributed by atoms with Crippen molar-refractivity contribution in [3.63, 3.8) is 0 Å². The summed E-state index contributed by atoms with van der Waals surface area (Å²) in [5.74, 6) is -17.7. The normalized spacial score (nSPS) is 19.3. The van der Waals surface area contributed by atoms with E-state index in [9.17, 15) is 62.6 Å². The second-order valence-electron chi connectivity index (χ2n) is 33.9. The summed E-state index contributed by atoms with van der Waals surface area (Å²) in [4.78, 5) is 266. The summed E-state index contributed by atoms with van der Waals surface area (Å²) < 4.78 is 8.34. The Morgan fingerprint density at radius 3 is 1.86 bits per heavy atom. The minimum absolute atomic E-state index is 0.106. The molecule has 2 fully saturated rings. The van der Waals surface area contributed by atoms with Gasteiger partial charge < -0.3 is 117 Å². The summed E-state index contributed by atoms with van der Waals surface area (Å²) in [5.41, 5.74) is 23.7. The number of aryl methyl sites for hydroxylation is 1. The summed E-state index contributed by atoms with van der Waals surface area (Å²) in [6.07, 6.45) is -0.581. The standard InChI is InChI=1S/C90H120N20O21S2/c1-10-60-76(118)102-65(43-57-47-97-73-49(2)17-15-21-59(57)73)80(122)100-61(22-13-14-35-96-50(3)111)78(120)108-75(89(7,8)133-132-88(5,6)74(98-51(4)112)84(126)105-67(45-70(93)114)81(123)99-60)85(127)104-63(40-52-24-27-58(28-25-52)131-38-33-91)79(121)101-64(41-53-23-26-55-19-11-12-20-56(55)39-53)83(125)109-90(31-36-130-37-32-90)87(129)107-62(29-30-72(116)117)77(119)103-66(44-69(92)113)82(124)106-68(42-54-18-16-34-95-46-54)86(128)110(9)48-71(94)115/h11-12,15-21,23-28,34,39,46-47,60-68,74-75,97H,10,13-14,22,29-33,35-38,40-45,48,91H2,1-9H3,(H2,92,113)(H2,93,114)(H2,94,115)(H,96,111)(H,98,112)(H,99,123)(H,100,122)(H,101,121)(H,102,118)(H,103,119)(H,104,127)(H,105,126)(H,106,124)(H,107,129)(H,108,120)(H,109,125)(H,116,117)/t60-,61-,62-,63-,64-,65-,66-,67?,68-,74+,75+/m0/s1. The highest BCUT2D eigenvalue weighted by atomic mass is 33.1. The summed E-state index contributed by atoms with van der Waals surface area (Å²) in [6, 6.07) is 8.65. The van der Waals surface area contributed by atoms with Gasteiger partial charge in [0.15, 0.2) is 0 Å². The third-order valence-electron chi connectivity index (χ3n) is 22.4. The number of aliphatic carboxylic acids is 1. The smallest absolute Gasteiger partial charge is 0.303 e. The number of carbonyl (C=O) groups excluding carboxylic acids is 17. The molecular weight excluding hydrogens is 1760 g/mol. The molecule has 4 heterocycles. The van der Waals surface area contributed by atoms with E-state index < -0.39 is 221 Å². The molecule has 41 nitrogen and oxygen atoms in total. The van der Waals surface area contributed by atoms with Crippen molar-refractivity contribution >= 4 is 150 Å². The number of fused-ring (bicyclic) bond motifs is 2. The highest BCUT2D eigenvalue weighted by Gasteiger charge is 2.48. The Bertz CT molecular complexity index is 5230. The summed E-state index contributed by atoms with van der Waals surface area (Å²) in [7, 11) is 3.07. The molecule has 2 aliphatic heterocycles.